The molecule has 1 fully saturated rings. The number of rotatable bonds is 4. The van der Waals surface area contributed by atoms with Crippen molar-refractivity contribution in [2.75, 3.05) is 19.8 Å². The summed E-state index contributed by atoms with van der Waals surface area (Å²) in [4.78, 5) is 4.15. The molecule has 2 aromatic rings. The number of fused-ring (bicyclic) bond motifs is 1. The molecule has 0 bridgehead atoms. The fraction of sp³-hybridized carbons (Fsp3) is 0.500. The molecule has 3 rings (SSSR count). The molecule has 18 heavy (non-hydrogen) atoms. The third kappa shape index (κ3) is 1.56. The highest BCUT2D eigenvalue weighted by Gasteiger charge is 2.45. The molecule has 0 saturated carbocycles. The first-order valence-corrected chi connectivity index (χ1v) is 6.41. The largest absolute Gasteiger partial charge is 0.443 e. The zero-order valence-electron chi connectivity index (χ0n) is 10.6. The Balaban J connectivity index is 2.04. The van der Waals surface area contributed by atoms with E-state index >= 15 is 0 Å². The number of nitrogens with two attached hydrogens (primary N) is 1. The van der Waals surface area contributed by atoms with Crippen molar-refractivity contribution in [2.24, 2.45) is 11.7 Å². The lowest BCUT2D eigenvalue weighted by Gasteiger charge is -2.47. The van der Waals surface area contributed by atoms with Crippen molar-refractivity contribution in [2.45, 2.75) is 18.8 Å². The molecular weight excluding hydrogens is 228 g/mol. The Kier molecular flexibility index (Phi) is 2.84. The first kappa shape index (κ1) is 11.7. The molecule has 0 aliphatic carbocycles. The van der Waals surface area contributed by atoms with Crippen LogP contribution in [0.25, 0.3) is 11.1 Å². The number of nitrogens with zero attached hydrogens (tertiary/aromatic N) is 1. The second-order valence-corrected chi connectivity index (χ2v) is 5.02. The predicted octanol–water partition coefficient (Wildman–Crippen LogP) is 2.08. The van der Waals surface area contributed by atoms with Gasteiger partial charge in [-0.1, -0.05) is 19.4 Å². The topological polar surface area (TPSA) is 61.3 Å². The lowest BCUT2D eigenvalue weighted by molar-refractivity contribution is -0.0897. The van der Waals surface area contributed by atoms with Gasteiger partial charge in [-0.3, -0.25) is 0 Å². The van der Waals surface area contributed by atoms with Crippen LogP contribution < -0.4 is 5.73 Å². The van der Waals surface area contributed by atoms with E-state index < -0.39 is 0 Å². The van der Waals surface area contributed by atoms with E-state index in [0.29, 0.717) is 12.5 Å². The Morgan fingerprint density at radius 3 is 2.89 bits per heavy atom. The van der Waals surface area contributed by atoms with E-state index in [1.807, 2.05) is 6.07 Å². The fourth-order valence-electron chi connectivity index (χ4n) is 2.91. The van der Waals surface area contributed by atoms with Gasteiger partial charge >= 0.3 is 0 Å². The van der Waals surface area contributed by atoms with Crippen LogP contribution in [0.1, 0.15) is 18.9 Å². The molecule has 2 N–H and O–H groups in total. The summed E-state index contributed by atoms with van der Waals surface area (Å²) in [5.41, 5.74) is 8.97. The van der Waals surface area contributed by atoms with Crippen molar-refractivity contribution in [3.8, 4) is 0 Å². The Morgan fingerprint density at radius 1 is 1.44 bits per heavy atom. The zero-order chi connectivity index (χ0) is 12.6. The average molecular weight is 246 g/mol. The summed E-state index contributed by atoms with van der Waals surface area (Å²) < 4.78 is 10.9. The molecule has 4 nitrogen and oxygen atoms in total. The van der Waals surface area contributed by atoms with Crippen LogP contribution in [0.15, 0.2) is 29.0 Å². The van der Waals surface area contributed by atoms with E-state index in [0.717, 1.165) is 30.7 Å². The molecule has 1 saturated heterocycles. The second-order valence-electron chi connectivity index (χ2n) is 5.02. The van der Waals surface area contributed by atoms with Crippen molar-refractivity contribution in [1.29, 1.82) is 0 Å². The Hall–Kier alpha value is -1.39. The highest BCUT2D eigenvalue weighted by atomic mass is 16.5. The molecule has 1 aliphatic rings. The summed E-state index contributed by atoms with van der Waals surface area (Å²) in [5, 5.41) is 0. The van der Waals surface area contributed by atoms with Gasteiger partial charge in [-0.25, -0.2) is 4.98 Å². The Bertz CT molecular complexity index is 541. The van der Waals surface area contributed by atoms with Crippen molar-refractivity contribution in [3.05, 3.63) is 30.2 Å². The lowest BCUT2D eigenvalue weighted by atomic mass is 9.67. The van der Waals surface area contributed by atoms with Crippen LogP contribution in [0.2, 0.25) is 0 Å². The zero-order valence-corrected chi connectivity index (χ0v) is 10.6. The Labute approximate surface area is 106 Å². The van der Waals surface area contributed by atoms with Crippen LogP contribution in [0.3, 0.4) is 0 Å². The summed E-state index contributed by atoms with van der Waals surface area (Å²) in [6.45, 7) is 4.38. The molecule has 0 spiro atoms. The molecular formula is C14H18N2O2. The maximum absolute atomic E-state index is 5.92. The molecule has 2 heterocycles. The minimum atomic E-state index is 0.0600. The van der Waals surface area contributed by atoms with E-state index in [-0.39, 0.29) is 5.41 Å². The van der Waals surface area contributed by atoms with Crippen molar-refractivity contribution < 1.29 is 9.15 Å². The van der Waals surface area contributed by atoms with Gasteiger partial charge in [0.15, 0.2) is 12.0 Å². The van der Waals surface area contributed by atoms with Crippen molar-refractivity contribution in [3.63, 3.8) is 0 Å². The number of hydrogen-bond donors (Lipinski definition) is 1. The molecule has 1 unspecified atom stereocenters. The van der Waals surface area contributed by atoms with Gasteiger partial charge in [-0.05, 0) is 30.2 Å². The van der Waals surface area contributed by atoms with Crippen LogP contribution >= 0.6 is 0 Å². The molecule has 96 valence electrons. The second kappa shape index (κ2) is 4.37. The normalized spacial score (nSPS) is 19.7. The van der Waals surface area contributed by atoms with Gasteiger partial charge in [0.1, 0.15) is 5.52 Å². The number of oxazole rings is 1. The number of ether oxygens (including phenoxy) is 1. The van der Waals surface area contributed by atoms with Gasteiger partial charge in [-0.2, -0.15) is 0 Å². The molecule has 1 aromatic heterocycles. The third-order valence-corrected chi connectivity index (χ3v) is 4.18. The van der Waals surface area contributed by atoms with E-state index in [1.54, 1.807) is 0 Å². The lowest BCUT2D eigenvalue weighted by Crippen LogP contribution is -2.54. The summed E-state index contributed by atoms with van der Waals surface area (Å²) in [5.74, 6) is 0.451. The van der Waals surface area contributed by atoms with E-state index in [9.17, 15) is 0 Å². The van der Waals surface area contributed by atoms with Gasteiger partial charge in [0, 0.05) is 5.41 Å². The fourth-order valence-corrected chi connectivity index (χ4v) is 2.91. The smallest absolute Gasteiger partial charge is 0.181 e. The van der Waals surface area contributed by atoms with E-state index in [4.69, 9.17) is 14.9 Å². The van der Waals surface area contributed by atoms with Gasteiger partial charge in [0.05, 0.1) is 13.2 Å². The number of aromatic nitrogens is 1. The molecule has 4 heteroatoms. The minimum absolute atomic E-state index is 0.0600. The van der Waals surface area contributed by atoms with Crippen molar-refractivity contribution >= 4 is 11.1 Å². The molecule has 1 atom stereocenters. The van der Waals surface area contributed by atoms with Gasteiger partial charge < -0.3 is 14.9 Å². The van der Waals surface area contributed by atoms with Gasteiger partial charge in [0.25, 0.3) is 0 Å². The van der Waals surface area contributed by atoms with Crippen LogP contribution in [0, 0.1) is 5.92 Å². The van der Waals surface area contributed by atoms with Gasteiger partial charge in [0.2, 0.25) is 0 Å². The van der Waals surface area contributed by atoms with Crippen molar-refractivity contribution in [1.82, 2.24) is 4.98 Å². The minimum Gasteiger partial charge on any atom is -0.443 e. The standard InChI is InChI=1S/C14H18N2O2/c1-2-10(6-15)14(7-17-8-14)11-3-4-12-13(5-11)18-9-16-12/h3-5,9-10H,2,6-8,15H2,1H3. The first-order chi connectivity index (χ1) is 8.80. The van der Waals surface area contributed by atoms with Crippen LogP contribution in [-0.2, 0) is 10.2 Å². The summed E-state index contributed by atoms with van der Waals surface area (Å²) in [6.07, 6.45) is 2.55. The maximum atomic E-state index is 5.92. The average Bonchev–Trinajstić information content (AvgIpc) is 2.80. The highest BCUT2D eigenvalue weighted by Crippen LogP contribution is 2.41. The summed E-state index contributed by atoms with van der Waals surface area (Å²) in [6, 6.07) is 6.23. The van der Waals surface area contributed by atoms with E-state index in [2.05, 4.69) is 24.0 Å². The van der Waals surface area contributed by atoms with Crippen LogP contribution in [0.5, 0.6) is 0 Å². The molecule has 1 aromatic carbocycles. The number of hydrogen-bond acceptors (Lipinski definition) is 4. The predicted molar refractivity (Wildman–Crippen MR) is 69.3 cm³/mol. The van der Waals surface area contributed by atoms with E-state index in [1.165, 1.54) is 12.0 Å². The molecule has 0 amide bonds. The number of benzene rings is 1. The Morgan fingerprint density at radius 2 is 2.28 bits per heavy atom. The SMILES string of the molecule is CCC(CN)C1(c2ccc3ncoc3c2)COC1. The van der Waals surface area contributed by atoms with Crippen LogP contribution in [-0.4, -0.2) is 24.7 Å². The molecule has 1 aliphatic heterocycles. The highest BCUT2D eigenvalue weighted by molar-refractivity contribution is 5.73. The summed E-state index contributed by atoms with van der Waals surface area (Å²) >= 11 is 0. The van der Waals surface area contributed by atoms with Gasteiger partial charge in [-0.15, -0.1) is 0 Å². The monoisotopic (exact) mass is 246 g/mol. The maximum Gasteiger partial charge on any atom is 0.181 e. The molecule has 0 radical (unpaired) electrons. The van der Waals surface area contributed by atoms with Crippen LogP contribution in [0.4, 0.5) is 0 Å². The third-order valence-electron chi connectivity index (χ3n) is 4.18. The summed E-state index contributed by atoms with van der Waals surface area (Å²) in [7, 11) is 0. The quantitative estimate of drug-likeness (QED) is 0.897. The first-order valence-electron chi connectivity index (χ1n) is 6.41.